The Bertz CT molecular complexity index is 765. The van der Waals surface area contributed by atoms with E-state index >= 15 is 0 Å². The van der Waals surface area contributed by atoms with Gasteiger partial charge < -0.3 is 14.6 Å². The normalized spacial score (nSPS) is 11.4. The summed E-state index contributed by atoms with van der Waals surface area (Å²) in [4.78, 5) is 14.0. The highest BCUT2D eigenvalue weighted by Gasteiger charge is 2.10. The summed E-state index contributed by atoms with van der Waals surface area (Å²) in [6.07, 6.45) is 1.46. The Morgan fingerprint density at radius 3 is 2.58 bits per heavy atom. The van der Waals surface area contributed by atoms with E-state index in [1.165, 1.54) is 11.6 Å². The second kappa shape index (κ2) is 8.14. The first-order valence-corrected chi connectivity index (χ1v) is 7.71. The fourth-order valence-corrected chi connectivity index (χ4v) is 2.08. The van der Waals surface area contributed by atoms with Gasteiger partial charge >= 0.3 is 0 Å². The van der Waals surface area contributed by atoms with Gasteiger partial charge in [-0.05, 0) is 33.2 Å². The highest BCUT2D eigenvalue weighted by atomic mass is 16.3. The SMILES string of the molecule is Cc1ccc(-c2ccc(/C=C(\C#N)C(=O)NCCN(C)C)o2)cc1. The van der Waals surface area contributed by atoms with Gasteiger partial charge in [0.05, 0.1) is 0 Å². The molecule has 1 N–H and O–H groups in total. The van der Waals surface area contributed by atoms with Crippen molar-refractivity contribution in [3.8, 4) is 17.4 Å². The van der Waals surface area contributed by atoms with Crippen molar-refractivity contribution in [3.63, 3.8) is 0 Å². The van der Waals surface area contributed by atoms with Gasteiger partial charge in [0.15, 0.2) is 0 Å². The lowest BCUT2D eigenvalue weighted by Gasteiger charge is -2.09. The van der Waals surface area contributed by atoms with Crippen molar-refractivity contribution in [2.45, 2.75) is 6.92 Å². The predicted octanol–water partition coefficient (Wildman–Crippen LogP) is 2.84. The van der Waals surface area contributed by atoms with Crippen LogP contribution < -0.4 is 5.32 Å². The Kier molecular flexibility index (Phi) is 5.94. The number of carbonyl (C=O) groups excluding carboxylic acids is 1. The first-order chi connectivity index (χ1) is 11.5. The number of carbonyl (C=O) groups is 1. The van der Waals surface area contributed by atoms with Crippen LogP contribution in [0.15, 0.2) is 46.4 Å². The summed E-state index contributed by atoms with van der Waals surface area (Å²) >= 11 is 0. The molecular weight excluding hydrogens is 302 g/mol. The number of nitriles is 1. The minimum absolute atomic E-state index is 0.0264. The van der Waals surface area contributed by atoms with Crippen LogP contribution in [0, 0.1) is 18.3 Å². The molecule has 0 unspecified atom stereocenters. The van der Waals surface area contributed by atoms with Crippen LogP contribution in [-0.2, 0) is 4.79 Å². The van der Waals surface area contributed by atoms with E-state index in [-0.39, 0.29) is 5.57 Å². The zero-order chi connectivity index (χ0) is 17.5. The molecule has 0 saturated carbocycles. The zero-order valence-corrected chi connectivity index (χ0v) is 14.2. The minimum Gasteiger partial charge on any atom is -0.457 e. The standard InChI is InChI=1S/C19H21N3O2/c1-14-4-6-15(7-5-14)18-9-8-17(24-18)12-16(13-20)19(23)21-10-11-22(2)3/h4-9,12H,10-11H2,1-3H3,(H,21,23)/b16-12+. The first-order valence-electron chi connectivity index (χ1n) is 7.71. The van der Waals surface area contributed by atoms with E-state index < -0.39 is 5.91 Å². The van der Waals surface area contributed by atoms with Gasteiger partial charge in [-0.25, -0.2) is 0 Å². The summed E-state index contributed by atoms with van der Waals surface area (Å²) < 4.78 is 5.72. The van der Waals surface area contributed by atoms with Crippen molar-refractivity contribution in [3.05, 3.63) is 53.3 Å². The summed E-state index contributed by atoms with van der Waals surface area (Å²) in [5.74, 6) is 0.782. The van der Waals surface area contributed by atoms with E-state index in [0.29, 0.717) is 24.6 Å². The molecule has 24 heavy (non-hydrogen) atoms. The van der Waals surface area contributed by atoms with Gasteiger partial charge in [0, 0.05) is 24.7 Å². The van der Waals surface area contributed by atoms with Crippen LogP contribution in [-0.4, -0.2) is 38.0 Å². The van der Waals surface area contributed by atoms with Crippen LogP contribution in [0.4, 0.5) is 0 Å². The number of nitrogens with zero attached hydrogens (tertiary/aromatic N) is 2. The van der Waals surface area contributed by atoms with Gasteiger partial charge in [-0.1, -0.05) is 29.8 Å². The van der Waals surface area contributed by atoms with E-state index in [4.69, 9.17) is 4.42 Å². The molecule has 1 aromatic heterocycles. The molecule has 1 amide bonds. The predicted molar refractivity (Wildman–Crippen MR) is 94.0 cm³/mol. The van der Waals surface area contributed by atoms with Crippen molar-refractivity contribution in [1.82, 2.24) is 10.2 Å². The lowest BCUT2D eigenvalue weighted by molar-refractivity contribution is -0.117. The molecular formula is C19H21N3O2. The average Bonchev–Trinajstić information content (AvgIpc) is 3.01. The highest BCUT2D eigenvalue weighted by Crippen LogP contribution is 2.23. The van der Waals surface area contributed by atoms with Crippen LogP contribution in [0.5, 0.6) is 0 Å². The highest BCUT2D eigenvalue weighted by molar-refractivity contribution is 6.01. The van der Waals surface area contributed by atoms with E-state index in [1.807, 2.05) is 62.3 Å². The molecule has 0 aliphatic carbocycles. The Hall–Kier alpha value is -2.84. The topological polar surface area (TPSA) is 69.3 Å². The number of hydrogen-bond donors (Lipinski definition) is 1. The quantitative estimate of drug-likeness (QED) is 0.655. The molecule has 1 heterocycles. The van der Waals surface area contributed by atoms with Gasteiger partial charge in [0.2, 0.25) is 0 Å². The van der Waals surface area contributed by atoms with E-state index in [2.05, 4.69) is 5.32 Å². The molecule has 0 bridgehead atoms. The lowest BCUT2D eigenvalue weighted by atomic mass is 10.1. The van der Waals surface area contributed by atoms with Crippen LogP contribution in [0.3, 0.4) is 0 Å². The largest absolute Gasteiger partial charge is 0.457 e. The first kappa shape index (κ1) is 17.5. The van der Waals surface area contributed by atoms with Crippen molar-refractivity contribution in [1.29, 1.82) is 5.26 Å². The summed E-state index contributed by atoms with van der Waals surface area (Å²) in [6.45, 7) is 3.22. The number of likely N-dealkylation sites (N-methyl/N-ethyl adjacent to an activating group) is 1. The van der Waals surface area contributed by atoms with Crippen molar-refractivity contribution < 1.29 is 9.21 Å². The van der Waals surface area contributed by atoms with Crippen LogP contribution in [0.25, 0.3) is 17.4 Å². The van der Waals surface area contributed by atoms with Crippen LogP contribution in [0.2, 0.25) is 0 Å². The number of furan rings is 1. The molecule has 0 fully saturated rings. The molecule has 0 aliphatic heterocycles. The maximum Gasteiger partial charge on any atom is 0.262 e. The van der Waals surface area contributed by atoms with Gasteiger partial charge in [-0.15, -0.1) is 0 Å². The van der Waals surface area contributed by atoms with Crippen LogP contribution in [0.1, 0.15) is 11.3 Å². The van der Waals surface area contributed by atoms with Gasteiger partial charge in [-0.3, -0.25) is 4.79 Å². The molecule has 1 aromatic carbocycles. The monoisotopic (exact) mass is 323 g/mol. The fraction of sp³-hybridized carbons (Fsp3) is 0.263. The molecule has 0 radical (unpaired) electrons. The summed E-state index contributed by atoms with van der Waals surface area (Å²) in [5, 5.41) is 11.9. The van der Waals surface area contributed by atoms with Gasteiger partial charge in [0.1, 0.15) is 23.2 Å². The van der Waals surface area contributed by atoms with Crippen molar-refractivity contribution in [2.75, 3.05) is 27.2 Å². The molecule has 0 spiro atoms. The second-order valence-corrected chi connectivity index (χ2v) is 5.80. The third-order valence-electron chi connectivity index (χ3n) is 3.46. The number of hydrogen-bond acceptors (Lipinski definition) is 4. The van der Waals surface area contributed by atoms with Gasteiger partial charge in [0.25, 0.3) is 5.91 Å². The van der Waals surface area contributed by atoms with Crippen LogP contribution >= 0.6 is 0 Å². The molecule has 5 nitrogen and oxygen atoms in total. The Morgan fingerprint density at radius 2 is 1.96 bits per heavy atom. The second-order valence-electron chi connectivity index (χ2n) is 5.80. The number of benzene rings is 1. The molecule has 2 rings (SSSR count). The Morgan fingerprint density at radius 1 is 1.25 bits per heavy atom. The third kappa shape index (κ3) is 4.83. The molecule has 124 valence electrons. The summed E-state index contributed by atoms with van der Waals surface area (Å²) in [7, 11) is 3.84. The fourth-order valence-electron chi connectivity index (χ4n) is 2.08. The Labute approximate surface area is 142 Å². The Balaban J connectivity index is 2.10. The minimum atomic E-state index is -0.396. The number of rotatable bonds is 6. The van der Waals surface area contributed by atoms with Gasteiger partial charge in [-0.2, -0.15) is 5.26 Å². The van der Waals surface area contributed by atoms with Crippen molar-refractivity contribution in [2.24, 2.45) is 0 Å². The molecule has 0 aliphatic rings. The zero-order valence-electron chi connectivity index (χ0n) is 14.2. The molecule has 2 aromatic rings. The molecule has 0 atom stereocenters. The average molecular weight is 323 g/mol. The maximum absolute atomic E-state index is 12.0. The summed E-state index contributed by atoms with van der Waals surface area (Å²) in [5.41, 5.74) is 2.15. The molecule has 5 heteroatoms. The maximum atomic E-state index is 12.0. The lowest BCUT2D eigenvalue weighted by Crippen LogP contribution is -2.31. The number of amides is 1. The smallest absolute Gasteiger partial charge is 0.262 e. The summed E-state index contributed by atoms with van der Waals surface area (Å²) in [6, 6.07) is 13.5. The number of aryl methyl sites for hydroxylation is 1. The van der Waals surface area contributed by atoms with E-state index in [1.54, 1.807) is 6.07 Å². The third-order valence-corrected chi connectivity index (χ3v) is 3.46. The van der Waals surface area contributed by atoms with Crippen molar-refractivity contribution >= 4 is 12.0 Å². The number of nitrogens with one attached hydrogen (secondary N) is 1. The molecule has 0 saturated heterocycles. The van der Waals surface area contributed by atoms with E-state index in [9.17, 15) is 10.1 Å². The van der Waals surface area contributed by atoms with E-state index in [0.717, 1.165) is 5.56 Å².